The van der Waals surface area contributed by atoms with Gasteiger partial charge in [-0.25, -0.2) is 0 Å². The molecule has 0 amide bonds. The van der Waals surface area contributed by atoms with Gasteiger partial charge in [0, 0.05) is 30.4 Å². The zero-order valence-corrected chi connectivity index (χ0v) is 10.1. The first-order chi connectivity index (χ1) is 7.43. The second kappa shape index (κ2) is 4.64. The predicted octanol–water partition coefficient (Wildman–Crippen LogP) is 2.04. The number of rotatable bonds is 2. The molecule has 3 fully saturated rings. The first-order valence-corrected chi connectivity index (χ1v) is 7.54. The normalized spacial score (nSPS) is 45.6. The van der Waals surface area contributed by atoms with Crippen molar-refractivity contribution in [2.24, 2.45) is 5.92 Å². The van der Waals surface area contributed by atoms with Crippen LogP contribution in [0.5, 0.6) is 0 Å². The maximum atomic E-state index is 5.81. The van der Waals surface area contributed by atoms with Gasteiger partial charge in [0.05, 0.1) is 6.10 Å². The molecule has 3 aliphatic rings. The van der Waals surface area contributed by atoms with Crippen LogP contribution in [0.15, 0.2) is 0 Å². The number of hydrogen-bond donors (Lipinski definition) is 1. The van der Waals surface area contributed by atoms with Crippen LogP contribution < -0.4 is 5.32 Å². The second-order valence-electron chi connectivity index (χ2n) is 5.13. The van der Waals surface area contributed by atoms with E-state index in [1.54, 1.807) is 0 Å². The standard InChI is InChI=1S/C12H21NOS/c1-2-11(13-9-5-7-15-8-9)10-4-6-14-12(10)3-1/h9-13H,1-8H2. The molecule has 0 aromatic rings. The van der Waals surface area contributed by atoms with Crippen molar-refractivity contribution in [1.82, 2.24) is 5.32 Å². The van der Waals surface area contributed by atoms with Crippen molar-refractivity contribution < 1.29 is 4.74 Å². The first-order valence-electron chi connectivity index (χ1n) is 6.39. The van der Waals surface area contributed by atoms with Gasteiger partial charge in [0.15, 0.2) is 0 Å². The third kappa shape index (κ3) is 2.20. The fourth-order valence-corrected chi connectivity index (χ4v) is 4.52. The highest BCUT2D eigenvalue weighted by molar-refractivity contribution is 7.99. The van der Waals surface area contributed by atoms with Crippen LogP contribution in [-0.4, -0.2) is 36.3 Å². The lowest BCUT2D eigenvalue weighted by molar-refractivity contribution is 0.0516. The maximum Gasteiger partial charge on any atom is 0.0619 e. The number of fused-ring (bicyclic) bond motifs is 1. The molecular formula is C12H21NOS. The molecule has 2 aliphatic heterocycles. The molecule has 86 valence electrons. The van der Waals surface area contributed by atoms with Crippen LogP contribution in [0.2, 0.25) is 0 Å². The minimum Gasteiger partial charge on any atom is -0.378 e. The molecule has 0 aromatic heterocycles. The molecule has 3 heteroatoms. The lowest BCUT2D eigenvalue weighted by Crippen LogP contribution is -2.47. The highest BCUT2D eigenvalue weighted by Crippen LogP contribution is 2.35. The summed E-state index contributed by atoms with van der Waals surface area (Å²) in [6.07, 6.45) is 7.30. The summed E-state index contributed by atoms with van der Waals surface area (Å²) in [6, 6.07) is 1.55. The number of hydrogen-bond acceptors (Lipinski definition) is 3. The summed E-state index contributed by atoms with van der Waals surface area (Å²) in [7, 11) is 0. The zero-order chi connectivity index (χ0) is 10.1. The summed E-state index contributed by atoms with van der Waals surface area (Å²) in [4.78, 5) is 0. The fraction of sp³-hybridized carbons (Fsp3) is 1.00. The summed E-state index contributed by atoms with van der Waals surface area (Å²) in [5.41, 5.74) is 0. The van der Waals surface area contributed by atoms with Gasteiger partial charge in [0.25, 0.3) is 0 Å². The van der Waals surface area contributed by atoms with Crippen LogP contribution in [0, 0.1) is 5.92 Å². The molecule has 1 aliphatic carbocycles. The molecule has 15 heavy (non-hydrogen) atoms. The summed E-state index contributed by atoms with van der Waals surface area (Å²) in [6.45, 7) is 1.01. The van der Waals surface area contributed by atoms with Gasteiger partial charge in [-0.1, -0.05) is 0 Å². The van der Waals surface area contributed by atoms with Crippen LogP contribution in [0.25, 0.3) is 0 Å². The Morgan fingerprint density at radius 2 is 2.13 bits per heavy atom. The molecule has 2 nitrogen and oxygen atoms in total. The molecule has 2 heterocycles. The molecule has 0 bridgehead atoms. The Kier molecular flexibility index (Phi) is 3.23. The summed E-state index contributed by atoms with van der Waals surface area (Å²) >= 11 is 2.10. The Morgan fingerprint density at radius 1 is 1.13 bits per heavy atom. The van der Waals surface area contributed by atoms with Crippen molar-refractivity contribution in [2.75, 3.05) is 18.1 Å². The van der Waals surface area contributed by atoms with E-state index in [0.717, 1.165) is 24.6 Å². The SMILES string of the molecule is C1CC(NC2CCSC2)C2CCOC2C1. The van der Waals surface area contributed by atoms with E-state index in [1.165, 1.54) is 43.6 Å². The largest absolute Gasteiger partial charge is 0.378 e. The monoisotopic (exact) mass is 227 g/mol. The Labute approximate surface area is 96.5 Å². The number of ether oxygens (including phenoxy) is 1. The Morgan fingerprint density at radius 3 is 3.00 bits per heavy atom. The van der Waals surface area contributed by atoms with Gasteiger partial charge >= 0.3 is 0 Å². The third-order valence-corrected chi connectivity index (χ3v) is 5.32. The first kappa shape index (κ1) is 10.4. The van der Waals surface area contributed by atoms with E-state index in [-0.39, 0.29) is 0 Å². The van der Waals surface area contributed by atoms with Crippen molar-refractivity contribution in [3.8, 4) is 0 Å². The molecule has 4 atom stereocenters. The van der Waals surface area contributed by atoms with Gasteiger partial charge in [-0.3, -0.25) is 0 Å². The van der Waals surface area contributed by atoms with Gasteiger partial charge in [-0.15, -0.1) is 0 Å². The molecule has 1 N–H and O–H groups in total. The minimum absolute atomic E-state index is 0.588. The zero-order valence-electron chi connectivity index (χ0n) is 9.28. The molecule has 0 aromatic carbocycles. The third-order valence-electron chi connectivity index (χ3n) is 4.16. The lowest BCUT2D eigenvalue weighted by atomic mass is 9.81. The van der Waals surface area contributed by atoms with Gasteiger partial charge in [0.2, 0.25) is 0 Å². The maximum absolute atomic E-state index is 5.81. The van der Waals surface area contributed by atoms with Crippen LogP contribution >= 0.6 is 11.8 Å². The Bertz CT molecular complexity index is 218. The smallest absolute Gasteiger partial charge is 0.0619 e. The van der Waals surface area contributed by atoms with E-state index in [2.05, 4.69) is 17.1 Å². The van der Waals surface area contributed by atoms with Crippen LogP contribution in [-0.2, 0) is 4.74 Å². The van der Waals surface area contributed by atoms with Gasteiger partial charge in [-0.2, -0.15) is 11.8 Å². The summed E-state index contributed by atoms with van der Waals surface area (Å²) < 4.78 is 5.81. The average Bonchev–Trinajstić information content (AvgIpc) is 2.87. The quantitative estimate of drug-likeness (QED) is 0.780. The van der Waals surface area contributed by atoms with Crippen LogP contribution in [0.4, 0.5) is 0 Å². The van der Waals surface area contributed by atoms with E-state index < -0.39 is 0 Å². The van der Waals surface area contributed by atoms with Crippen molar-refractivity contribution in [1.29, 1.82) is 0 Å². The highest BCUT2D eigenvalue weighted by atomic mass is 32.2. The van der Waals surface area contributed by atoms with Crippen molar-refractivity contribution >= 4 is 11.8 Å². The van der Waals surface area contributed by atoms with Gasteiger partial charge in [0.1, 0.15) is 0 Å². The van der Waals surface area contributed by atoms with E-state index in [4.69, 9.17) is 4.74 Å². The predicted molar refractivity (Wildman–Crippen MR) is 64.4 cm³/mol. The lowest BCUT2D eigenvalue weighted by Gasteiger charge is -2.35. The summed E-state index contributed by atoms with van der Waals surface area (Å²) in [5.74, 6) is 3.51. The van der Waals surface area contributed by atoms with E-state index in [1.807, 2.05) is 0 Å². The molecule has 0 radical (unpaired) electrons. The second-order valence-corrected chi connectivity index (χ2v) is 6.28. The summed E-state index contributed by atoms with van der Waals surface area (Å²) in [5, 5.41) is 3.89. The van der Waals surface area contributed by atoms with E-state index in [0.29, 0.717) is 6.10 Å². The average molecular weight is 227 g/mol. The fourth-order valence-electron chi connectivity index (χ4n) is 3.35. The van der Waals surface area contributed by atoms with Crippen molar-refractivity contribution in [3.63, 3.8) is 0 Å². The molecular weight excluding hydrogens is 206 g/mol. The van der Waals surface area contributed by atoms with Crippen LogP contribution in [0.1, 0.15) is 32.1 Å². The number of thioether (sulfide) groups is 1. The van der Waals surface area contributed by atoms with E-state index >= 15 is 0 Å². The van der Waals surface area contributed by atoms with Crippen molar-refractivity contribution in [2.45, 2.75) is 50.3 Å². The van der Waals surface area contributed by atoms with Gasteiger partial charge in [-0.05, 0) is 37.9 Å². The van der Waals surface area contributed by atoms with Crippen LogP contribution in [0.3, 0.4) is 0 Å². The molecule has 4 unspecified atom stereocenters. The molecule has 2 saturated heterocycles. The molecule has 3 rings (SSSR count). The number of nitrogens with one attached hydrogen (secondary N) is 1. The Hall–Kier alpha value is 0.270. The van der Waals surface area contributed by atoms with E-state index in [9.17, 15) is 0 Å². The van der Waals surface area contributed by atoms with Gasteiger partial charge < -0.3 is 10.1 Å². The molecule has 0 spiro atoms. The highest BCUT2D eigenvalue weighted by Gasteiger charge is 2.38. The topological polar surface area (TPSA) is 21.3 Å². The Balaban J connectivity index is 1.59. The van der Waals surface area contributed by atoms with Crippen molar-refractivity contribution in [3.05, 3.63) is 0 Å². The minimum atomic E-state index is 0.588. The molecule has 1 saturated carbocycles.